The number of pyridine rings is 1. The minimum atomic E-state index is -2.84. The number of hydrogen-bond donors (Lipinski definition) is 1. The Morgan fingerprint density at radius 3 is 2.64 bits per heavy atom. The van der Waals surface area contributed by atoms with E-state index in [-0.39, 0.29) is 10.3 Å². The Balaban J connectivity index is 3.39. The maximum Gasteiger partial charge on any atom is 0.271 e. The van der Waals surface area contributed by atoms with E-state index in [1.54, 1.807) is 0 Å². The molecule has 76 valence electrons. The molecule has 1 rings (SSSR count). The highest BCUT2D eigenvalue weighted by Crippen LogP contribution is 2.28. The van der Waals surface area contributed by atoms with Crippen LogP contribution in [0.1, 0.15) is 22.5 Å². The highest BCUT2D eigenvalue weighted by molar-refractivity contribution is 9.10. The van der Waals surface area contributed by atoms with E-state index in [9.17, 15) is 13.6 Å². The number of carbonyl (C=O) groups is 1. The van der Waals surface area contributed by atoms with Crippen LogP contribution in [-0.2, 0) is 0 Å². The van der Waals surface area contributed by atoms with E-state index in [0.29, 0.717) is 0 Å². The minimum Gasteiger partial charge on any atom is -0.397 e. The second kappa shape index (κ2) is 4.18. The molecule has 14 heavy (non-hydrogen) atoms. The van der Waals surface area contributed by atoms with Gasteiger partial charge in [-0.3, -0.25) is 4.79 Å². The highest BCUT2D eigenvalue weighted by atomic mass is 79.9. The molecule has 0 aliphatic carbocycles. The fraction of sp³-hybridized carbons (Fsp3) is 0.143. The lowest BCUT2D eigenvalue weighted by molar-refractivity contribution is 0.106. The van der Waals surface area contributed by atoms with Gasteiger partial charge in [0.15, 0.2) is 0 Å². The van der Waals surface area contributed by atoms with Gasteiger partial charge < -0.3 is 5.73 Å². The lowest BCUT2D eigenvalue weighted by Gasteiger charge is -2.06. The van der Waals surface area contributed by atoms with Crippen molar-refractivity contribution in [2.45, 2.75) is 6.43 Å². The molecule has 7 heteroatoms. The summed E-state index contributed by atoms with van der Waals surface area (Å²) >= 11 is 7.99. The molecule has 0 fully saturated rings. The third-order valence-corrected chi connectivity index (χ3v) is 2.27. The van der Waals surface area contributed by atoms with Crippen molar-refractivity contribution in [2.75, 3.05) is 5.73 Å². The van der Waals surface area contributed by atoms with E-state index in [2.05, 4.69) is 20.9 Å². The van der Waals surface area contributed by atoms with Gasteiger partial charge in [0.25, 0.3) is 11.7 Å². The number of anilines is 1. The molecule has 0 bridgehead atoms. The van der Waals surface area contributed by atoms with Crippen molar-refractivity contribution in [3.63, 3.8) is 0 Å². The molecule has 1 aromatic heterocycles. The average Bonchev–Trinajstić information content (AvgIpc) is 2.08. The molecular formula is C7H4BrClF2N2O. The normalized spacial score (nSPS) is 10.6. The molecule has 0 saturated carbocycles. The molecule has 3 nitrogen and oxygen atoms in total. The predicted molar refractivity (Wildman–Crippen MR) is 51.5 cm³/mol. The molecule has 1 heterocycles. The molecule has 2 N–H and O–H groups in total. The first kappa shape index (κ1) is 11.3. The van der Waals surface area contributed by atoms with Gasteiger partial charge in [0.1, 0.15) is 10.3 Å². The summed E-state index contributed by atoms with van der Waals surface area (Å²) in [5, 5.41) is -1.04. The van der Waals surface area contributed by atoms with Gasteiger partial charge in [-0.15, -0.1) is 0 Å². The molecule has 0 aliphatic heterocycles. The summed E-state index contributed by atoms with van der Waals surface area (Å²) < 4.78 is 24.9. The van der Waals surface area contributed by atoms with E-state index in [1.807, 2.05) is 0 Å². The summed E-state index contributed by atoms with van der Waals surface area (Å²) in [5.41, 5.74) is 4.31. The summed E-state index contributed by atoms with van der Waals surface area (Å²) in [6.07, 6.45) is -2.84. The summed E-state index contributed by atoms with van der Waals surface area (Å²) in [6, 6.07) is 0.970. The largest absolute Gasteiger partial charge is 0.397 e. The van der Waals surface area contributed by atoms with Crippen molar-refractivity contribution in [1.29, 1.82) is 0 Å². The van der Waals surface area contributed by atoms with Gasteiger partial charge in [-0.1, -0.05) is 0 Å². The summed E-state index contributed by atoms with van der Waals surface area (Å²) in [6.45, 7) is 0. The minimum absolute atomic E-state index is 0.0296. The summed E-state index contributed by atoms with van der Waals surface area (Å²) in [5.74, 6) is 0. The van der Waals surface area contributed by atoms with Gasteiger partial charge in [0, 0.05) is 0 Å². The lowest BCUT2D eigenvalue weighted by Crippen LogP contribution is -2.04. The molecule has 0 spiro atoms. The molecule has 0 atom stereocenters. The van der Waals surface area contributed by atoms with Crippen LogP contribution in [0.3, 0.4) is 0 Å². The van der Waals surface area contributed by atoms with Crippen LogP contribution < -0.4 is 5.73 Å². The number of alkyl halides is 2. The fourth-order valence-electron chi connectivity index (χ4n) is 0.846. The van der Waals surface area contributed by atoms with Gasteiger partial charge in [0.2, 0.25) is 0 Å². The van der Waals surface area contributed by atoms with Crippen LogP contribution in [0.2, 0.25) is 0 Å². The second-order valence-corrected chi connectivity index (χ2v) is 3.48. The Morgan fingerprint density at radius 2 is 2.21 bits per heavy atom. The third-order valence-electron chi connectivity index (χ3n) is 1.45. The van der Waals surface area contributed by atoms with Crippen LogP contribution in [0.4, 0.5) is 14.5 Å². The molecule has 0 aromatic carbocycles. The first-order valence-electron chi connectivity index (χ1n) is 3.37. The van der Waals surface area contributed by atoms with Gasteiger partial charge in [-0.25, -0.2) is 13.8 Å². The van der Waals surface area contributed by atoms with E-state index in [0.717, 1.165) is 6.07 Å². The van der Waals surface area contributed by atoms with Crippen LogP contribution >= 0.6 is 27.5 Å². The van der Waals surface area contributed by atoms with Gasteiger partial charge >= 0.3 is 0 Å². The van der Waals surface area contributed by atoms with Crippen molar-refractivity contribution in [3.05, 3.63) is 21.9 Å². The summed E-state index contributed by atoms with van der Waals surface area (Å²) in [7, 11) is 0. The van der Waals surface area contributed by atoms with Crippen molar-refractivity contribution in [3.8, 4) is 0 Å². The van der Waals surface area contributed by atoms with Gasteiger partial charge in [-0.05, 0) is 33.6 Å². The Hall–Kier alpha value is -0.750. The molecule has 0 unspecified atom stereocenters. The first-order valence-corrected chi connectivity index (χ1v) is 4.54. The third kappa shape index (κ3) is 2.19. The highest BCUT2D eigenvalue weighted by Gasteiger charge is 2.20. The van der Waals surface area contributed by atoms with E-state index >= 15 is 0 Å². The summed E-state index contributed by atoms with van der Waals surface area (Å²) in [4.78, 5) is 14.3. The zero-order chi connectivity index (χ0) is 10.9. The molecule has 0 saturated heterocycles. The smallest absolute Gasteiger partial charge is 0.271 e. The monoisotopic (exact) mass is 284 g/mol. The quantitative estimate of drug-likeness (QED) is 0.671. The van der Waals surface area contributed by atoms with E-state index in [4.69, 9.17) is 17.3 Å². The van der Waals surface area contributed by atoms with E-state index < -0.39 is 22.9 Å². The van der Waals surface area contributed by atoms with Crippen molar-refractivity contribution < 1.29 is 13.6 Å². The van der Waals surface area contributed by atoms with Gasteiger partial charge in [0.05, 0.1) is 11.3 Å². The number of aromatic nitrogens is 1. The Morgan fingerprint density at radius 1 is 1.64 bits per heavy atom. The lowest BCUT2D eigenvalue weighted by atomic mass is 10.2. The number of carbonyl (C=O) groups excluding carboxylic acids is 1. The SMILES string of the molecule is Nc1cc(C(F)F)c(C(=O)Cl)nc1Br. The Bertz CT molecular complexity index is 386. The van der Waals surface area contributed by atoms with Crippen LogP contribution in [-0.4, -0.2) is 10.2 Å². The number of nitrogens with two attached hydrogens (primary N) is 1. The van der Waals surface area contributed by atoms with Crippen LogP contribution in [0.5, 0.6) is 0 Å². The number of nitrogens with zero attached hydrogens (tertiary/aromatic N) is 1. The molecule has 0 aliphatic rings. The van der Waals surface area contributed by atoms with E-state index in [1.165, 1.54) is 0 Å². The number of rotatable bonds is 2. The molecular weight excluding hydrogens is 281 g/mol. The number of hydrogen-bond acceptors (Lipinski definition) is 3. The number of nitrogen functional groups attached to an aromatic ring is 1. The Kier molecular flexibility index (Phi) is 3.38. The predicted octanol–water partition coefficient (Wildman–Crippen LogP) is 2.74. The average molecular weight is 285 g/mol. The molecule has 0 amide bonds. The topological polar surface area (TPSA) is 56.0 Å². The van der Waals surface area contributed by atoms with Crippen LogP contribution in [0.15, 0.2) is 10.7 Å². The van der Waals surface area contributed by atoms with Crippen molar-refractivity contribution in [2.24, 2.45) is 0 Å². The van der Waals surface area contributed by atoms with Gasteiger partial charge in [-0.2, -0.15) is 0 Å². The molecule has 0 radical (unpaired) electrons. The van der Waals surface area contributed by atoms with Crippen LogP contribution in [0, 0.1) is 0 Å². The number of halogens is 4. The maximum absolute atomic E-state index is 12.4. The Labute approximate surface area is 91.4 Å². The molecule has 1 aromatic rings. The standard InChI is InChI=1S/C7H4BrClF2N2O/c8-5-3(12)1-2(7(10)11)4(13-5)6(9)14/h1,7H,12H2. The first-order chi connectivity index (χ1) is 6.43. The zero-order valence-electron chi connectivity index (χ0n) is 6.60. The second-order valence-electron chi connectivity index (χ2n) is 2.38. The fourth-order valence-corrected chi connectivity index (χ4v) is 1.29. The maximum atomic E-state index is 12.4. The van der Waals surface area contributed by atoms with Crippen molar-refractivity contribution >= 4 is 38.5 Å². The van der Waals surface area contributed by atoms with Crippen LogP contribution in [0.25, 0.3) is 0 Å². The zero-order valence-corrected chi connectivity index (χ0v) is 8.94. The van der Waals surface area contributed by atoms with Crippen molar-refractivity contribution in [1.82, 2.24) is 4.98 Å².